The van der Waals surface area contributed by atoms with Crippen molar-refractivity contribution >= 4 is 28.5 Å². The minimum atomic E-state index is -0.493. The van der Waals surface area contributed by atoms with Gasteiger partial charge in [0.05, 0.1) is 18.8 Å². The SMILES string of the molecule is COC(=O)c1c(C)nsc1NC(=O)N(C)[C@@H]1CCCc2ccccc21. The van der Waals surface area contributed by atoms with Gasteiger partial charge in [-0.05, 0) is 48.8 Å². The molecule has 0 aliphatic heterocycles. The van der Waals surface area contributed by atoms with Crippen LogP contribution in [0, 0.1) is 6.92 Å². The molecule has 0 fully saturated rings. The van der Waals surface area contributed by atoms with Crippen LogP contribution in [0.1, 0.15) is 46.1 Å². The maximum atomic E-state index is 12.7. The van der Waals surface area contributed by atoms with Gasteiger partial charge in [0, 0.05) is 7.05 Å². The van der Waals surface area contributed by atoms with Gasteiger partial charge in [0.2, 0.25) is 0 Å². The first-order valence-electron chi connectivity index (χ1n) is 8.19. The second-order valence-electron chi connectivity index (χ2n) is 6.11. The third kappa shape index (κ3) is 3.37. The molecule has 0 spiro atoms. The highest BCUT2D eigenvalue weighted by Crippen LogP contribution is 2.34. The number of esters is 1. The largest absolute Gasteiger partial charge is 0.465 e. The number of aryl methyl sites for hydroxylation is 2. The lowest BCUT2D eigenvalue weighted by atomic mass is 9.87. The van der Waals surface area contributed by atoms with Crippen LogP contribution < -0.4 is 5.32 Å². The molecule has 1 heterocycles. The summed E-state index contributed by atoms with van der Waals surface area (Å²) in [5.74, 6) is -0.493. The van der Waals surface area contributed by atoms with Crippen molar-refractivity contribution in [2.45, 2.75) is 32.2 Å². The van der Waals surface area contributed by atoms with E-state index in [1.807, 2.05) is 12.1 Å². The summed E-state index contributed by atoms with van der Waals surface area (Å²) in [6.45, 7) is 1.72. The lowest BCUT2D eigenvalue weighted by molar-refractivity contribution is 0.0601. The van der Waals surface area contributed by atoms with Crippen LogP contribution in [0.15, 0.2) is 24.3 Å². The highest BCUT2D eigenvalue weighted by atomic mass is 32.1. The maximum absolute atomic E-state index is 12.7. The van der Waals surface area contributed by atoms with E-state index in [2.05, 4.69) is 21.8 Å². The van der Waals surface area contributed by atoms with E-state index in [0.717, 1.165) is 30.8 Å². The van der Waals surface area contributed by atoms with Crippen LogP contribution in [0.2, 0.25) is 0 Å². The van der Waals surface area contributed by atoms with Crippen LogP contribution in [0.5, 0.6) is 0 Å². The summed E-state index contributed by atoms with van der Waals surface area (Å²) in [7, 11) is 3.10. The number of anilines is 1. The molecule has 1 aromatic carbocycles. The zero-order chi connectivity index (χ0) is 18.0. The van der Waals surface area contributed by atoms with Crippen LogP contribution in [-0.2, 0) is 11.2 Å². The third-order valence-electron chi connectivity index (χ3n) is 4.60. The number of aromatic nitrogens is 1. The molecule has 0 bridgehead atoms. The highest BCUT2D eigenvalue weighted by Gasteiger charge is 2.28. The molecule has 0 saturated carbocycles. The number of fused-ring (bicyclic) bond motifs is 1. The Hall–Kier alpha value is -2.41. The molecule has 25 heavy (non-hydrogen) atoms. The summed E-state index contributed by atoms with van der Waals surface area (Å²) in [5.41, 5.74) is 3.36. The summed E-state index contributed by atoms with van der Waals surface area (Å²) >= 11 is 1.09. The van der Waals surface area contributed by atoms with Crippen molar-refractivity contribution in [2.24, 2.45) is 0 Å². The van der Waals surface area contributed by atoms with Crippen molar-refractivity contribution in [1.29, 1.82) is 0 Å². The molecule has 2 aromatic rings. The second-order valence-corrected chi connectivity index (χ2v) is 6.88. The van der Waals surface area contributed by atoms with Crippen molar-refractivity contribution in [3.63, 3.8) is 0 Å². The third-order valence-corrected chi connectivity index (χ3v) is 5.45. The van der Waals surface area contributed by atoms with Gasteiger partial charge < -0.3 is 9.64 Å². The zero-order valence-corrected chi connectivity index (χ0v) is 15.4. The smallest absolute Gasteiger partial charge is 0.342 e. The lowest BCUT2D eigenvalue weighted by Gasteiger charge is -2.33. The molecule has 7 heteroatoms. The summed E-state index contributed by atoms with van der Waals surface area (Å²) < 4.78 is 8.94. The number of benzene rings is 1. The van der Waals surface area contributed by atoms with Gasteiger partial charge in [0.15, 0.2) is 0 Å². The van der Waals surface area contributed by atoms with Gasteiger partial charge in [-0.2, -0.15) is 4.37 Å². The average Bonchev–Trinajstić information content (AvgIpc) is 3.00. The fraction of sp³-hybridized carbons (Fsp3) is 0.389. The number of hydrogen-bond donors (Lipinski definition) is 1. The molecule has 1 atom stereocenters. The summed E-state index contributed by atoms with van der Waals surface area (Å²) in [5, 5.41) is 3.24. The quantitative estimate of drug-likeness (QED) is 0.847. The summed E-state index contributed by atoms with van der Waals surface area (Å²) in [6.07, 6.45) is 3.02. The van der Waals surface area contributed by atoms with Crippen LogP contribution >= 0.6 is 11.5 Å². The second kappa shape index (κ2) is 7.23. The number of carbonyl (C=O) groups is 2. The molecule has 0 unspecified atom stereocenters. The molecule has 6 nitrogen and oxygen atoms in total. The highest BCUT2D eigenvalue weighted by molar-refractivity contribution is 7.11. The van der Waals surface area contributed by atoms with Crippen molar-refractivity contribution in [3.8, 4) is 0 Å². The number of urea groups is 1. The topological polar surface area (TPSA) is 71.5 Å². The summed E-state index contributed by atoms with van der Waals surface area (Å²) in [4.78, 5) is 26.4. The average molecular weight is 359 g/mol. The maximum Gasteiger partial charge on any atom is 0.342 e. The van der Waals surface area contributed by atoms with Crippen molar-refractivity contribution < 1.29 is 14.3 Å². The van der Waals surface area contributed by atoms with E-state index in [1.54, 1.807) is 18.9 Å². The number of ether oxygens (including phenoxy) is 1. The number of carbonyl (C=O) groups excluding carboxylic acids is 2. The molecular weight excluding hydrogens is 338 g/mol. The van der Waals surface area contributed by atoms with E-state index >= 15 is 0 Å². The van der Waals surface area contributed by atoms with Crippen LogP contribution in [-0.4, -0.2) is 35.4 Å². The molecule has 0 radical (unpaired) electrons. The van der Waals surface area contributed by atoms with E-state index in [1.165, 1.54) is 18.2 Å². The van der Waals surface area contributed by atoms with Gasteiger partial charge in [0.25, 0.3) is 0 Å². The first-order chi connectivity index (χ1) is 12.0. The zero-order valence-electron chi connectivity index (χ0n) is 14.5. The molecule has 1 N–H and O–H groups in total. The van der Waals surface area contributed by atoms with Gasteiger partial charge in [-0.15, -0.1) is 0 Å². The molecular formula is C18H21N3O3S. The predicted molar refractivity (Wildman–Crippen MR) is 97.1 cm³/mol. The Labute approximate surface area is 151 Å². The minimum absolute atomic E-state index is 0.0283. The Balaban J connectivity index is 1.80. The fourth-order valence-corrected chi connectivity index (χ4v) is 4.03. The molecule has 1 aliphatic rings. The minimum Gasteiger partial charge on any atom is -0.465 e. The van der Waals surface area contributed by atoms with Gasteiger partial charge in [-0.3, -0.25) is 5.32 Å². The van der Waals surface area contributed by atoms with E-state index in [4.69, 9.17) is 4.74 Å². The molecule has 0 saturated heterocycles. The molecule has 1 aromatic heterocycles. The van der Waals surface area contributed by atoms with Gasteiger partial charge in [-0.1, -0.05) is 24.3 Å². The monoisotopic (exact) mass is 359 g/mol. The Kier molecular flexibility index (Phi) is 5.03. The number of rotatable bonds is 3. The van der Waals surface area contributed by atoms with E-state index in [9.17, 15) is 9.59 Å². The van der Waals surface area contributed by atoms with Crippen LogP contribution in [0.25, 0.3) is 0 Å². The van der Waals surface area contributed by atoms with Crippen molar-refractivity contribution in [2.75, 3.05) is 19.5 Å². The molecule has 3 rings (SSSR count). The Morgan fingerprint density at radius 3 is 2.88 bits per heavy atom. The number of nitrogens with one attached hydrogen (secondary N) is 1. The molecule has 2 amide bonds. The van der Waals surface area contributed by atoms with Gasteiger partial charge in [-0.25, -0.2) is 9.59 Å². The lowest BCUT2D eigenvalue weighted by Crippen LogP contribution is -2.36. The van der Waals surface area contributed by atoms with Crippen molar-refractivity contribution in [1.82, 2.24) is 9.27 Å². The van der Waals surface area contributed by atoms with E-state index in [-0.39, 0.29) is 12.1 Å². The van der Waals surface area contributed by atoms with E-state index < -0.39 is 5.97 Å². The standard InChI is InChI=1S/C18H21N3O3S/c1-11-15(17(22)24-3)16(25-20-11)19-18(23)21(2)14-10-6-8-12-7-4-5-9-13(12)14/h4-5,7,9,14H,6,8,10H2,1-3H3,(H,19,23)/t14-/m1/s1. The number of amides is 2. The first kappa shape index (κ1) is 17.4. The van der Waals surface area contributed by atoms with Crippen molar-refractivity contribution in [3.05, 3.63) is 46.6 Å². The normalized spacial score (nSPS) is 16.0. The first-order valence-corrected chi connectivity index (χ1v) is 8.96. The Morgan fingerprint density at radius 2 is 2.12 bits per heavy atom. The Morgan fingerprint density at radius 1 is 1.36 bits per heavy atom. The molecule has 1 aliphatic carbocycles. The predicted octanol–water partition coefficient (Wildman–Crippen LogP) is 3.78. The number of hydrogen-bond acceptors (Lipinski definition) is 5. The van der Waals surface area contributed by atoms with Crippen LogP contribution in [0.3, 0.4) is 0 Å². The fourth-order valence-electron chi connectivity index (χ4n) is 3.25. The van der Waals surface area contributed by atoms with Gasteiger partial charge in [0.1, 0.15) is 10.6 Å². The van der Waals surface area contributed by atoms with Crippen LogP contribution in [0.4, 0.5) is 9.80 Å². The summed E-state index contributed by atoms with van der Waals surface area (Å²) in [6, 6.07) is 8.01. The molecule has 132 valence electrons. The van der Waals surface area contributed by atoms with E-state index in [0.29, 0.717) is 16.3 Å². The number of methoxy groups -OCH3 is 1. The Bertz CT molecular complexity index is 803. The number of nitrogens with zero attached hydrogens (tertiary/aromatic N) is 2. The van der Waals surface area contributed by atoms with Gasteiger partial charge >= 0.3 is 12.0 Å².